The first-order valence-corrected chi connectivity index (χ1v) is 4.97. The van der Waals surface area contributed by atoms with Gasteiger partial charge in [-0.25, -0.2) is 8.78 Å². The molecule has 15 heavy (non-hydrogen) atoms. The average Bonchev–Trinajstić information content (AvgIpc) is 2.22. The Morgan fingerprint density at radius 2 is 2.00 bits per heavy atom. The molecule has 1 aromatic rings. The summed E-state index contributed by atoms with van der Waals surface area (Å²) in [7, 11) is 0. The van der Waals surface area contributed by atoms with Crippen molar-refractivity contribution >= 4 is 5.78 Å². The quantitative estimate of drug-likeness (QED) is 0.701. The summed E-state index contributed by atoms with van der Waals surface area (Å²) in [5.74, 6) is -2.32. The van der Waals surface area contributed by atoms with Crippen LogP contribution in [0.25, 0.3) is 0 Å². The van der Waals surface area contributed by atoms with Crippen LogP contribution in [-0.4, -0.2) is 5.78 Å². The summed E-state index contributed by atoms with van der Waals surface area (Å²) in [6.07, 6.45) is 0.575. The smallest absolute Gasteiger partial charge is 0.171 e. The van der Waals surface area contributed by atoms with Gasteiger partial charge in [-0.3, -0.25) is 4.79 Å². The molecule has 0 bridgehead atoms. The largest absolute Gasteiger partial charge is 0.294 e. The maximum atomic E-state index is 13.5. The molecule has 0 radical (unpaired) electrons. The fourth-order valence-electron chi connectivity index (χ4n) is 1.31. The number of hydrogen-bond acceptors (Lipinski definition) is 1. The lowest BCUT2D eigenvalue weighted by atomic mass is 9.95. The fourth-order valence-corrected chi connectivity index (χ4v) is 1.31. The molecule has 0 saturated heterocycles. The Balaban J connectivity index is 3.24. The van der Waals surface area contributed by atoms with Crippen LogP contribution in [0.4, 0.5) is 8.78 Å². The number of halogens is 2. The minimum Gasteiger partial charge on any atom is -0.294 e. The second-order valence-corrected chi connectivity index (χ2v) is 3.73. The zero-order chi connectivity index (χ0) is 11.6. The summed E-state index contributed by atoms with van der Waals surface area (Å²) in [6.45, 7) is 5.00. The van der Waals surface area contributed by atoms with E-state index in [9.17, 15) is 13.6 Å². The number of Topliss-reactive ketones (excluding diaryl/α,β-unsaturated/α-hetero) is 1. The lowest BCUT2D eigenvalue weighted by molar-refractivity contribution is 0.0918. The summed E-state index contributed by atoms with van der Waals surface area (Å²) in [5.41, 5.74) is -0.104. The van der Waals surface area contributed by atoms with Gasteiger partial charge in [0.25, 0.3) is 0 Å². The Morgan fingerprint density at radius 1 is 1.40 bits per heavy atom. The molecule has 0 amide bonds. The third kappa shape index (κ3) is 2.22. The third-order valence-electron chi connectivity index (χ3n) is 2.59. The predicted octanol–water partition coefficient (Wildman–Crippen LogP) is 3.50. The van der Waals surface area contributed by atoms with Crippen LogP contribution in [0.2, 0.25) is 0 Å². The molecule has 0 aromatic heterocycles. The van der Waals surface area contributed by atoms with Gasteiger partial charge in [-0.05, 0) is 25.0 Å². The predicted molar refractivity (Wildman–Crippen MR) is 54.9 cm³/mol. The highest BCUT2D eigenvalue weighted by molar-refractivity contribution is 5.98. The van der Waals surface area contributed by atoms with Crippen molar-refractivity contribution in [3.8, 4) is 0 Å². The summed E-state index contributed by atoms with van der Waals surface area (Å²) >= 11 is 0. The zero-order valence-corrected chi connectivity index (χ0v) is 9.10. The fraction of sp³-hybridized carbons (Fsp3) is 0.417. The van der Waals surface area contributed by atoms with E-state index in [0.29, 0.717) is 12.0 Å². The monoisotopic (exact) mass is 212 g/mol. The molecule has 0 aliphatic heterocycles. The van der Waals surface area contributed by atoms with Crippen LogP contribution in [0, 0.1) is 24.5 Å². The number of benzene rings is 1. The van der Waals surface area contributed by atoms with Crippen molar-refractivity contribution in [3.63, 3.8) is 0 Å². The van der Waals surface area contributed by atoms with E-state index in [4.69, 9.17) is 0 Å². The number of carbonyl (C=O) groups excluding carboxylic acids is 1. The van der Waals surface area contributed by atoms with Gasteiger partial charge >= 0.3 is 0 Å². The van der Waals surface area contributed by atoms with E-state index in [0.717, 1.165) is 6.07 Å². The summed E-state index contributed by atoms with van der Waals surface area (Å²) < 4.78 is 26.9. The van der Waals surface area contributed by atoms with Gasteiger partial charge in [0.05, 0.1) is 5.56 Å². The molecule has 1 unspecified atom stereocenters. The zero-order valence-electron chi connectivity index (χ0n) is 9.10. The van der Waals surface area contributed by atoms with Crippen LogP contribution in [0.15, 0.2) is 12.1 Å². The molecule has 82 valence electrons. The minimum absolute atomic E-state index is 0.294. The average molecular weight is 212 g/mol. The second kappa shape index (κ2) is 4.51. The van der Waals surface area contributed by atoms with Crippen molar-refractivity contribution in [1.82, 2.24) is 0 Å². The normalized spacial score (nSPS) is 12.6. The number of rotatable bonds is 3. The Labute approximate surface area is 88.1 Å². The molecule has 1 aromatic carbocycles. The molecule has 1 nitrogen and oxygen atoms in total. The Bertz CT molecular complexity index is 385. The molecule has 1 rings (SSSR count). The van der Waals surface area contributed by atoms with Gasteiger partial charge in [0.15, 0.2) is 5.78 Å². The van der Waals surface area contributed by atoms with Gasteiger partial charge in [-0.1, -0.05) is 19.9 Å². The van der Waals surface area contributed by atoms with E-state index >= 15 is 0 Å². The van der Waals surface area contributed by atoms with E-state index in [-0.39, 0.29) is 5.92 Å². The van der Waals surface area contributed by atoms with Crippen LogP contribution in [0.1, 0.15) is 36.2 Å². The molecule has 0 aliphatic rings. The van der Waals surface area contributed by atoms with Crippen molar-refractivity contribution in [1.29, 1.82) is 0 Å². The van der Waals surface area contributed by atoms with E-state index in [1.807, 2.05) is 6.92 Å². The first-order chi connectivity index (χ1) is 6.99. The molecule has 3 heteroatoms. The standard InChI is InChI=1S/C12H14F2O/c1-4-7(2)12(15)10-9(13)6-5-8(3)11(10)14/h5-7H,4H2,1-3H3. The maximum absolute atomic E-state index is 13.5. The summed E-state index contributed by atoms with van der Waals surface area (Å²) in [6, 6.07) is 2.46. The number of ketones is 1. The van der Waals surface area contributed by atoms with E-state index in [2.05, 4.69) is 0 Å². The Hall–Kier alpha value is -1.25. The molecule has 0 N–H and O–H groups in total. The number of hydrogen-bond donors (Lipinski definition) is 0. The van der Waals surface area contributed by atoms with Crippen molar-refractivity contribution in [2.45, 2.75) is 27.2 Å². The molecule has 1 atom stereocenters. The van der Waals surface area contributed by atoms with Gasteiger partial charge in [-0.15, -0.1) is 0 Å². The van der Waals surface area contributed by atoms with E-state index < -0.39 is 23.0 Å². The highest BCUT2D eigenvalue weighted by Crippen LogP contribution is 2.20. The molecule has 0 saturated carbocycles. The lowest BCUT2D eigenvalue weighted by Crippen LogP contribution is -2.15. The molecular weight excluding hydrogens is 198 g/mol. The number of aryl methyl sites for hydroxylation is 1. The number of carbonyl (C=O) groups is 1. The van der Waals surface area contributed by atoms with Crippen molar-refractivity contribution in [3.05, 3.63) is 34.9 Å². The second-order valence-electron chi connectivity index (χ2n) is 3.73. The van der Waals surface area contributed by atoms with Gasteiger partial charge in [0.2, 0.25) is 0 Å². The molecule has 0 aliphatic carbocycles. The molecule has 0 fully saturated rings. The topological polar surface area (TPSA) is 17.1 Å². The highest BCUT2D eigenvalue weighted by atomic mass is 19.1. The van der Waals surface area contributed by atoms with Crippen LogP contribution < -0.4 is 0 Å². The summed E-state index contributed by atoms with van der Waals surface area (Å²) in [5, 5.41) is 0. The van der Waals surface area contributed by atoms with Gasteiger partial charge in [0.1, 0.15) is 11.6 Å². The van der Waals surface area contributed by atoms with E-state index in [1.54, 1.807) is 6.92 Å². The van der Waals surface area contributed by atoms with Crippen LogP contribution >= 0.6 is 0 Å². The highest BCUT2D eigenvalue weighted by Gasteiger charge is 2.22. The van der Waals surface area contributed by atoms with Gasteiger partial charge in [0, 0.05) is 5.92 Å². The van der Waals surface area contributed by atoms with Crippen molar-refractivity contribution in [2.24, 2.45) is 5.92 Å². The van der Waals surface area contributed by atoms with E-state index in [1.165, 1.54) is 13.0 Å². The first-order valence-electron chi connectivity index (χ1n) is 4.97. The van der Waals surface area contributed by atoms with Gasteiger partial charge in [-0.2, -0.15) is 0 Å². The van der Waals surface area contributed by atoms with Crippen LogP contribution in [-0.2, 0) is 0 Å². The molecule has 0 spiro atoms. The maximum Gasteiger partial charge on any atom is 0.171 e. The first kappa shape index (κ1) is 11.8. The minimum atomic E-state index is -0.775. The lowest BCUT2D eigenvalue weighted by Gasteiger charge is -2.10. The SMILES string of the molecule is CCC(C)C(=O)c1c(F)ccc(C)c1F. The van der Waals surface area contributed by atoms with Crippen LogP contribution in [0.3, 0.4) is 0 Å². The third-order valence-corrected chi connectivity index (χ3v) is 2.59. The van der Waals surface area contributed by atoms with Crippen LogP contribution in [0.5, 0.6) is 0 Å². The molecule has 0 heterocycles. The van der Waals surface area contributed by atoms with Gasteiger partial charge < -0.3 is 0 Å². The Kier molecular flexibility index (Phi) is 3.56. The van der Waals surface area contributed by atoms with Crippen molar-refractivity contribution in [2.75, 3.05) is 0 Å². The van der Waals surface area contributed by atoms with Crippen molar-refractivity contribution < 1.29 is 13.6 Å². The summed E-state index contributed by atoms with van der Waals surface area (Å²) in [4.78, 5) is 11.7. The molecular formula is C12H14F2O. The Morgan fingerprint density at radius 3 is 2.53 bits per heavy atom.